The molecule has 1 atom stereocenters. The minimum atomic E-state index is 0.644. The monoisotopic (exact) mass is 308 g/mol. The van der Waals surface area contributed by atoms with Gasteiger partial charge in [-0.1, -0.05) is 6.92 Å². The molecule has 1 fully saturated rings. The van der Waals surface area contributed by atoms with Crippen molar-refractivity contribution in [1.29, 1.82) is 0 Å². The highest BCUT2D eigenvalue weighted by molar-refractivity contribution is 7.11. The zero-order chi connectivity index (χ0) is 15.1. The highest BCUT2D eigenvalue weighted by Gasteiger charge is 2.14. The number of rotatable bonds is 6. The van der Waals surface area contributed by atoms with Gasteiger partial charge >= 0.3 is 0 Å². The Kier molecular flexibility index (Phi) is 6.51. The van der Waals surface area contributed by atoms with Crippen molar-refractivity contribution in [2.75, 3.05) is 33.2 Å². The summed E-state index contributed by atoms with van der Waals surface area (Å²) in [5.41, 5.74) is 0. The van der Waals surface area contributed by atoms with Gasteiger partial charge < -0.3 is 15.5 Å². The zero-order valence-corrected chi connectivity index (χ0v) is 14.3. The van der Waals surface area contributed by atoms with E-state index in [9.17, 15) is 0 Å². The molecule has 2 N–H and O–H groups in total. The van der Waals surface area contributed by atoms with E-state index in [1.807, 2.05) is 18.4 Å². The van der Waals surface area contributed by atoms with Crippen molar-refractivity contribution in [2.45, 2.75) is 33.2 Å². The summed E-state index contributed by atoms with van der Waals surface area (Å²) in [4.78, 5) is 9.57. The van der Waals surface area contributed by atoms with Crippen molar-refractivity contribution >= 4 is 17.3 Å². The second-order valence-corrected chi connectivity index (χ2v) is 7.30. The van der Waals surface area contributed by atoms with Crippen LogP contribution in [0.4, 0.5) is 0 Å². The fraction of sp³-hybridized carbons (Fsp3) is 0.688. The number of aliphatic imine (C=N–C) groups is 1. The topological polar surface area (TPSA) is 39.7 Å². The van der Waals surface area contributed by atoms with E-state index in [1.54, 1.807) is 0 Å². The average molecular weight is 308 g/mol. The summed E-state index contributed by atoms with van der Waals surface area (Å²) in [5.74, 6) is 1.54. The average Bonchev–Trinajstić information content (AvgIpc) is 3.11. The Bertz CT molecular complexity index is 449. The number of thiophene rings is 1. The molecule has 1 aromatic rings. The maximum atomic E-state index is 4.30. The van der Waals surface area contributed by atoms with Gasteiger partial charge in [-0.2, -0.15) is 0 Å². The summed E-state index contributed by atoms with van der Waals surface area (Å²) in [6, 6.07) is 4.34. The second-order valence-electron chi connectivity index (χ2n) is 5.93. The van der Waals surface area contributed by atoms with Crippen LogP contribution in [0, 0.1) is 12.8 Å². The Morgan fingerprint density at radius 2 is 2.10 bits per heavy atom. The van der Waals surface area contributed by atoms with E-state index < -0.39 is 0 Å². The smallest absolute Gasteiger partial charge is 0.191 e. The second kappa shape index (κ2) is 8.39. The van der Waals surface area contributed by atoms with E-state index in [1.165, 1.54) is 42.2 Å². The van der Waals surface area contributed by atoms with Gasteiger partial charge in [-0.05, 0) is 50.9 Å². The van der Waals surface area contributed by atoms with Crippen LogP contribution in [0.2, 0.25) is 0 Å². The molecule has 21 heavy (non-hydrogen) atoms. The molecule has 118 valence electrons. The lowest BCUT2D eigenvalue weighted by Crippen LogP contribution is -2.40. The molecule has 0 bridgehead atoms. The molecule has 0 aromatic carbocycles. The van der Waals surface area contributed by atoms with E-state index in [4.69, 9.17) is 0 Å². The van der Waals surface area contributed by atoms with E-state index >= 15 is 0 Å². The molecule has 2 rings (SSSR count). The number of nitrogens with zero attached hydrogens (tertiary/aromatic N) is 2. The molecule has 0 aliphatic carbocycles. The first-order valence-electron chi connectivity index (χ1n) is 7.89. The van der Waals surface area contributed by atoms with E-state index in [-0.39, 0.29) is 0 Å². The molecular formula is C16H28N4S. The van der Waals surface area contributed by atoms with Gasteiger partial charge in [0.25, 0.3) is 0 Å². The van der Waals surface area contributed by atoms with Crippen molar-refractivity contribution < 1.29 is 0 Å². The lowest BCUT2D eigenvalue weighted by molar-refractivity contribution is 0.287. The lowest BCUT2D eigenvalue weighted by atomic mass is 10.1. The highest BCUT2D eigenvalue weighted by Crippen LogP contribution is 2.14. The van der Waals surface area contributed by atoms with Crippen LogP contribution in [0.25, 0.3) is 0 Å². The Hall–Kier alpha value is -1.07. The van der Waals surface area contributed by atoms with Gasteiger partial charge in [-0.15, -0.1) is 11.3 Å². The zero-order valence-electron chi connectivity index (χ0n) is 13.5. The summed E-state index contributed by atoms with van der Waals surface area (Å²) in [6.07, 6.45) is 2.73. The van der Waals surface area contributed by atoms with Gasteiger partial charge in [0.15, 0.2) is 5.96 Å². The van der Waals surface area contributed by atoms with Crippen LogP contribution >= 0.6 is 11.3 Å². The predicted octanol–water partition coefficient (Wildman–Crippen LogP) is 2.45. The lowest BCUT2D eigenvalue weighted by Gasteiger charge is -2.21. The van der Waals surface area contributed by atoms with Gasteiger partial charge in [0.05, 0.1) is 6.54 Å². The Balaban J connectivity index is 1.67. The third kappa shape index (κ3) is 5.67. The van der Waals surface area contributed by atoms with Gasteiger partial charge in [0.1, 0.15) is 0 Å². The van der Waals surface area contributed by atoms with Crippen LogP contribution in [-0.2, 0) is 6.54 Å². The Labute approximate surface area is 132 Å². The summed E-state index contributed by atoms with van der Waals surface area (Å²) in [7, 11) is 1.83. The number of guanidine groups is 1. The highest BCUT2D eigenvalue weighted by atomic mass is 32.1. The standard InChI is InChI=1S/C16H28N4S/c1-13(12-20-8-4-5-9-20)10-18-16(17-3)19-11-15-7-6-14(2)21-15/h6-7,13H,4-5,8-12H2,1-3H3,(H2,17,18,19). The molecule has 0 saturated carbocycles. The maximum absolute atomic E-state index is 4.30. The van der Waals surface area contributed by atoms with Crippen LogP contribution in [0.15, 0.2) is 17.1 Å². The van der Waals surface area contributed by atoms with Gasteiger partial charge in [0, 0.05) is 29.9 Å². The van der Waals surface area contributed by atoms with E-state index in [0.29, 0.717) is 5.92 Å². The Morgan fingerprint density at radius 1 is 1.33 bits per heavy atom. The molecule has 1 aromatic heterocycles. The van der Waals surface area contributed by atoms with Crippen molar-refractivity contribution in [3.05, 3.63) is 21.9 Å². The van der Waals surface area contributed by atoms with Crippen LogP contribution in [0.5, 0.6) is 0 Å². The van der Waals surface area contributed by atoms with Crippen LogP contribution in [-0.4, -0.2) is 44.1 Å². The van der Waals surface area contributed by atoms with Gasteiger partial charge in [-0.25, -0.2) is 0 Å². The van der Waals surface area contributed by atoms with Gasteiger partial charge in [0.2, 0.25) is 0 Å². The van der Waals surface area contributed by atoms with Crippen LogP contribution in [0.1, 0.15) is 29.5 Å². The first kappa shape index (κ1) is 16.3. The third-order valence-electron chi connectivity index (χ3n) is 3.84. The molecule has 1 aliphatic rings. The van der Waals surface area contributed by atoms with Crippen LogP contribution < -0.4 is 10.6 Å². The van der Waals surface area contributed by atoms with Crippen molar-refractivity contribution in [3.63, 3.8) is 0 Å². The third-order valence-corrected chi connectivity index (χ3v) is 4.84. The van der Waals surface area contributed by atoms with Crippen LogP contribution in [0.3, 0.4) is 0 Å². The predicted molar refractivity (Wildman–Crippen MR) is 92.1 cm³/mol. The van der Waals surface area contributed by atoms with E-state index in [0.717, 1.165) is 19.0 Å². The largest absolute Gasteiger partial charge is 0.356 e. The quantitative estimate of drug-likeness (QED) is 0.626. The molecule has 4 nitrogen and oxygen atoms in total. The number of likely N-dealkylation sites (tertiary alicyclic amines) is 1. The van der Waals surface area contributed by atoms with Crippen molar-refractivity contribution in [1.82, 2.24) is 15.5 Å². The summed E-state index contributed by atoms with van der Waals surface area (Å²) in [5, 5.41) is 6.82. The molecule has 1 saturated heterocycles. The minimum Gasteiger partial charge on any atom is -0.356 e. The fourth-order valence-corrected chi connectivity index (χ4v) is 3.54. The minimum absolute atomic E-state index is 0.644. The fourth-order valence-electron chi connectivity index (χ4n) is 2.71. The molecular weight excluding hydrogens is 280 g/mol. The number of nitrogens with one attached hydrogen (secondary N) is 2. The first-order chi connectivity index (χ1) is 10.2. The maximum Gasteiger partial charge on any atom is 0.191 e. The molecule has 0 radical (unpaired) electrons. The summed E-state index contributed by atoms with van der Waals surface area (Å²) < 4.78 is 0. The normalized spacial score (nSPS) is 18.0. The molecule has 2 heterocycles. The molecule has 1 aliphatic heterocycles. The Morgan fingerprint density at radius 3 is 2.71 bits per heavy atom. The SMILES string of the molecule is CN=C(NCc1ccc(C)s1)NCC(C)CN1CCCC1. The summed E-state index contributed by atoms with van der Waals surface area (Å²) >= 11 is 1.83. The van der Waals surface area contributed by atoms with Gasteiger partial charge in [-0.3, -0.25) is 4.99 Å². The molecule has 1 unspecified atom stereocenters. The first-order valence-corrected chi connectivity index (χ1v) is 8.71. The molecule has 5 heteroatoms. The number of hydrogen-bond donors (Lipinski definition) is 2. The number of hydrogen-bond acceptors (Lipinski definition) is 3. The molecule has 0 amide bonds. The number of aryl methyl sites for hydroxylation is 1. The molecule has 0 spiro atoms. The summed E-state index contributed by atoms with van der Waals surface area (Å²) in [6.45, 7) is 10.00. The van der Waals surface area contributed by atoms with Crippen molar-refractivity contribution in [3.8, 4) is 0 Å². The van der Waals surface area contributed by atoms with E-state index in [2.05, 4.69) is 46.5 Å². The van der Waals surface area contributed by atoms with Crippen molar-refractivity contribution in [2.24, 2.45) is 10.9 Å².